The summed E-state index contributed by atoms with van der Waals surface area (Å²) in [6.07, 6.45) is -1.30. The lowest BCUT2D eigenvalue weighted by Gasteiger charge is -2.39. The summed E-state index contributed by atoms with van der Waals surface area (Å²) in [5, 5.41) is 38.9. The van der Waals surface area contributed by atoms with E-state index in [1.807, 2.05) is 146 Å². The molecule has 0 amide bonds. The number of methoxy groups -OCH3 is 2. The molecule has 4 heterocycles. The van der Waals surface area contributed by atoms with E-state index in [-0.39, 0.29) is 12.4 Å². The van der Waals surface area contributed by atoms with E-state index in [1.165, 1.54) is 23.9 Å². The van der Waals surface area contributed by atoms with Crippen LogP contribution in [0.1, 0.15) is 65.4 Å². The molecule has 2 aliphatic rings. The van der Waals surface area contributed by atoms with E-state index in [1.54, 1.807) is 40.3 Å². The first-order valence-electron chi connectivity index (χ1n) is 26.8. The lowest BCUT2D eigenvalue weighted by molar-refractivity contribution is -0.157. The molecule has 22 nitrogen and oxygen atoms in total. The predicted octanol–water partition coefficient (Wildman–Crippen LogP) is 8.30. The molecule has 0 bridgehead atoms. The maximum absolute atomic E-state index is 14.3. The number of hydrogen-bond donors (Lipinski definition) is 5. The second-order valence-corrected chi connectivity index (χ2v) is 20.0. The number of nitrogen functional groups attached to an aromatic ring is 1. The van der Waals surface area contributed by atoms with E-state index in [0.29, 0.717) is 17.9 Å². The van der Waals surface area contributed by atoms with Gasteiger partial charge in [-0.3, -0.25) is 9.13 Å². The number of nitrogens with zero attached hydrogens (tertiary/aromatic N) is 10. The lowest BCUT2D eigenvalue weighted by atomic mass is 9.66. The molecule has 22 heteroatoms. The average Bonchev–Trinajstić information content (AvgIpc) is 3.02. The van der Waals surface area contributed by atoms with E-state index < -0.39 is 77.0 Å². The molecule has 0 saturated carbocycles. The number of azide groups is 2. The standard InChI is InChI=1S/C51H47N5O6.C10H14N6O4.CH5N/c1-36-46(57)50(54-55-52,35-61-51(40-20-12-6-13-21-40,41-22-14-7-15-23-41)42-26-30-45(60-3)31-27-42)62-47(36)56-33-32-43(53-48(56)58)34-49(37-16-8-4-9-17-37,38-18-10-5-11-19-38)39-24-28-44(59-2)29-25-39;1-5-7(18)10(4-17,14-15-12)20-8(5)16-3-2-6(11)13-9(16)19;1-2/h4-33,36,46-47,57H,34-35H2,1-3H3;2-3,5,7-8,17-18H,4H2,1H3,(H2,11,13,19);2H2,1H3/t36-,46-,47+,50+;5-,7-,8+,10+;/m00./s1. The molecule has 8 atom stereocenters. The van der Waals surface area contributed by atoms with Crippen molar-refractivity contribution in [3.8, 4) is 11.5 Å². The van der Waals surface area contributed by atoms with Gasteiger partial charge in [-0.15, -0.1) is 0 Å². The number of nitrogens with two attached hydrogens (primary N) is 2. The zero-order chi connectivity index (χ0) is 60.1. The first-order chi connectivity index (χ1) is 40.7. The molecule has 10 rings (SSSR count). The highest BCUT2D eigenvalue weighted by atomic mass is 16.6. The van der Waals surface area contributed by atoms with E-state index in [2.05, 4.69) is 60.0 Å². The summed E-state index contributed by atoms with van der Waals surface area (Å²) >= 11 is 0. The summed E-state index contributed by atoms with van der Waals surface area (Å²) in [4.78, 5) is 40.0. The predicted molar refractivity (Wildman–Crippen MR) is 314 cm³/mol. The normalized spacial score (nSPS) is 21.7. The largest absolute Gasteiger partial charge is 0.497 e. The summed E-state index contributed by atoms with van der Waals surface area (Å²) in [6.45, 7) is 2.25. The molecule has 0 unspecified atom stereocenters. The van der Waals surface area contributed by atoms with Gasteiger partial charge < -0.3 is 50.5 Å². The van der Waals surface area contributed by atoms with Gasteiger partial charge in [0.05, 0.1) is 45.1 Å². The van der Waals surface area contributed by atoms with Crippen LogP contribution in [0.15, 0.2) is 214 Å². The van der Waals surface area contributed by atoms with Gasteiger partial charge in [0.15, 0.2) is 11.4 Å². The second kappa shape index (κ2) is 26.8. The molecular formula is C62H66N12O10. The Morgan fingerprint density at radius 1 is 0.583 bits per heavy atom. The van der Waals surface area contributed by atoms with E-state index in [4.69, 9.17) is 34.9 Å². The van der Waals surface area contributed by atoms with Crippen LogP contribution < -0.4 is 32.3 Å². The molecule has 84 heavy (non-hydrogen) atoms. The number of anilines is 1. The van der Waals surface area contributed by atoms with Crippen LogP contribution in [-0.4, -0.2) is 92.6 Å². The van der Waals surface area contributed by atoms with E-state index in [9.17, 15) is 30.4 Å². The van der Waals surface area contributed by atoms with Crippen molar-refractivity contribution in [3.63, 3.8) is 0 Å². The number of rotatable bonds is 18. The maximum Gasteiger partial charge on any atom is 0.351 e. The monoisotopic (exact) mass is 1140 g/mol. The zero-order valence-corrected chi connectivity index (χ0v) is 46.9. The Hall–Kier alpha value is -9.18. The minimum atomic E-state index is -1.94. The quantitative estimate of drug-likeness (QED) is 0.0234. The molecule has 2 aliphatic heterocycles. The van der Waals surface area contributed by atoms with Gasteiger partial charge in [0.1, 0.15) is 35.4 Å². The van der Waals surface area contributed by atoms with Crippen molar-refractivity contribution >= 4 is 5.82 Å². The molecule has 0 spiro atoms. The van der Waals surface area contributed by atoms with Gasteiger partial charge in [-0.2, -0.15) is 9.97 Å². The van der Waals surface area contributed by atoms with Crippen LogP contribution in [0.5, 0.6) is 11.5 Å². The Bertz CT molecular complexity index is 3590. The molecule has 8 aromatic rings. The Balaban J connectivity index is 0.000000352. The smallest absolute Gasteiger partial charge is 0.351 e. The van der Waals surface area contributed by atoms with Gasteiger partial charge in [-0.1, -0.05) is 170 Å². The highest BCUT2D eigenvalue weighted by Crippen LogP contribution is 2.48. The third-order valence-electron chi connectivity index (χ3n) is 15.3. The van der Waals surface area contributed by atoms with Crippen molar-refractivity contribution in [2.45, 2.75) is 67.4 Å². The molecule has 0 radical (unpaired) electrons. The zero-order valence-electron chi connectivity index (χ0n) is 46.9. The van der Waals surface area contributed by atoms with E-state index >= 15 is 0 Å². The summed E-state index contributed by atoms with van der Waals surface area (Å²) in [6, 6.07) is 58.4. The van der Waals surface area contributed by atoms with Gasteiger partial charge in [0, 0.05) is 46.2 Å². The molecule has 2 fully saturated rings. The SMILES string of the molecule is CN.COc1ccc(C(Cc2ccn([C@@H]3O[C@@](COC(c4ccccc4)(c4ccccc4)c4ccc(OC)cc4)(N=[N+]=[N-])[C@@H](O)[C@@H]3C)c(=O)n2)(c2ccccc2)c2ccccc2)cc1.C[C@@H]1[C@H](n2ccc(N)nc2=O)O[C@@](CO)(N=[N+]=[N-])[C@H]1O. The topological polar surface area (TPSA) is 326 Å². The summed E-state index contributed by atoms with van der Waals surface area (Å²) in [7, 11) is 4.74. The fourth-order valence-corrected chi connectivity index (χ4v) is 11.0. The van der Waals surface area contributed by atoms with Crippen molar-refractivity contribution in [1.82, 2.24) is 19.1 Å². The molecule has 434 valence electrons. The van der Waals surface area contributed by atoms with Crippen molar-refractivity contribution in [2.75, 3.05) is 40.2 Å². The fraction of sp³-hybridized carbons (Fsp3) is 0.290. The van der Waals surface area contributed by atoms with Crippen LogP contribution >= 0.6 is 0 Å². The van der Waals surface area contributed by atoms with Crippen molar-refractivity contribution in [1.29, 1.82) is 0 Å². The number of hydrogen-bond acceptors (Lipinski definition) is 16. The van der Waals surface area contributed by atoms with Crippen LogP contribution in [0.4, 0.5) is 5.82 Å². The number of benzene rings is 6. The van der Waals surface area contributed by atoms with Crippen LogP contribution in [0.3, 0.4) is 0 Å². The fourth-order valence-electron chi connectivity index (χ4n) is 11.0. The van der Waals surface area contributed by atoms with Crippen LogP contribution in [0.2, 0.25) is 0 Å². The number of aromatic nitrogens is 4. The molecule has 6 aromatic carbocycles. The average molecular weight is 1140 g/mol. The summed E-state index contributed by atoms with van der Waals surface area (Å²) in [5.74, 6) is 0.116. The minimum absolute atomic E-state index is 0.0564. The number of ether oxygens (including phenoxy) is 5. The molecule has 2 saturated heterocycles. The minimum Gasteiger partial charge on any atom is -0.497 e. The summed E-state index contributed by atoms with van der Waals surface area (Å²) in [5.41, 5.74) is 27.3. The Kier molecular flexibility index (Phi) is 19.4. The van der Waals surface area contributed by atoms with Crippen LogP contribution in [0.25, 0.3) is 20.9 Å². The first kappa shape index (κ1) is 60.9. The lowest BCUT2D eigenvalue weighted by Crippen LogP contribution is -2.47. The molecule has 0 aliphatic carbocycles. The molecular weight excluding hydrogens is 1070 g/mol. The van der Waals surface area contributed by atoms with E-state index in [0.717, 1.165) is 43.7 Å². The maximum atomic E-state index is 14.3. The molecule has 2 aromatic heterocycles. The van der Waals surface area contributed by atoms with Gasteiger partial charge in [0.25, 0.3) is 0 Å². The van der Waals surface area contributed by atoms with Crippen LogP contribution in [0, 0.1) is 11.8 Å². The number of aliphatic hydroxyl groups excluding tert-OH is 3. The third-order valence-corrected chi connectivity index (χ3v) is 15.3. The Labute approximate surface area is 484 Å². The third kappa shape index (κ3) is 11.9. The second-order valence-electron chi connectivity index (χ2n) is 20.0. The number of aliphatic hydroxyl groups is 3. The van der Waals surface area contributed by atoms with Crippen molar-refractivity contribution < 1.29 is 39.0 Å². The van der Waals surface area contributed by atoms with Gasteiger partial charge in [-0.05, 0) is 87.9 Å². The highest BCUT2D eigenvalue weighted by molar-refractivity contribution is 5.53. The van der Waals surface area contributed by atoms with Crippen molar-refractivity contribution in [3.05, 3.63) is 275 Å². The summed E-state index contributed by atoms with van der Waals surface area (Å²) < 4.78 is 32.5. The Morgan fingerprint density at radius 2 is 0.964 bits per heavy atom. The highest BCUT2D eigenvalue weighted by Gasteiger charge is 2.56. The molecule has 7 N–H and O–H groups in total. The van der Waals surface area contributed by atoms with Crippen molar-refractivity contribution in [2.24, 2.45) is 27.8 Å². The van der Waals surface area contributed by atoms with Gasteiger partial charge in [-0.25, -0.2) is 9.59 Å². The first-order valence-corrected chi connectivity index (χ1v) is 26.8. The Morgan fingerprint density at radius 3 is 1.39 bits per heavy atom. The van der Waals surface area contributed by atoms with Crippen LogP contribution in [-0.2, 0) is 31.6 Å². The van der Waals surface area contributed by atoms with Gasteiger partial charge in [0.2, 0.25) is 0 Å². The van der Waals surface area contributed by atoms with Gasteiger partial charge >= 0.3 is 11.4 Å².